The van der Waals surface area contributed by atoms with Gasteiger partial charge in [0.1, 0.15) is 0 Å². The van der Waals surface area contributed by atoms with E-state index in [-0.39, 0.29) is 0 Å². The molecule has 3 heteroatoms. The van der Waals surface area contributed by atoms with Crippen LogP contribution in [0.15, 0.2) is 12.5 Å². The van der Waals surface area contributed by atoms with Gasteiger partial charge in [0.15, 0.2) is 0 Å². The van der Waals surface area contributed by atoms with Crippen molar-refractivity contribution >= 4 is 0 Å². The van der Waals surface area contributed by atoms with E-state index < -0.39 is 0 Å². The van der Waals surface area contributed by atoms with Gasteiger partial charge >= 0.3 is 0 Å². The number of aromatic amines is 1. The van der Waals surface area contributed by atoms with Crippen molar-refractivity contribution in [3.8, 4) is 0 Å². The molecule has 0 aliphatic heterocycles. The van der Waals surface area contributed by atoms with Crippen molar-refractivity contribution in [2.24, 2.45) is 5.92 Å². The zero-order valence-corrected chi connectivity index (χ0v) is 9.50. The van der Waals surface area contributed by atoms with Crippen molar-refractivity contribution in [3.63, 3.8) is 0 Å². The van der Waals surface area contributed by atoms with Gasteiger partial charge < -0.3 is 10.3 Å². The normalized spacial score (nSPS) is 25.9. The van der Waals surface area contributed by atoms with Crippen molar-refractivity contribution in [2.45, 2.75) is 45.1 Å². The summed E-state index contributed by atoms with van der Waals surface area (Å²) in [5.41, 5.74) is 1.23. The third-order valence-electron chi connectivity index (χ3n) is 3.50. The van der Waals surface area contributed by atoms with Crippen LogP contribution >= 0.6 is 0 Å². The second-order valence-corrected chi connectivity index (χ2v) is 4.57. The fraction of sp³-hybridized carbons (Fsp3) is 0.750. The minimum atomic E-state index is 0.762. The first-order chi connectivity index (χ1) is 7.38. The lowest BCUT2D eigenvalue weighted by Crippen LogP contribution is -2.28. The second kappa shape index (κ2) is 5.31. The Morgan fingerprint density at radius 3 is 3.13 bits per heavy atom. The number of aromatic nitrogens is 2. The molecule has 1 aliphatic rings. The Kier molecular flexibility index (Phi) is 3.78. The first-order valence-electron chi connectivity index (χ1n) is 6.09. The van der Waals surface area contributed by atoms with Crippen LogP contribution in [0, 0.1) is 5.92 Å². The maximum Gasteiger partial charge on any atom is 0.0921 e. The van der Waals surface area contributed by atoms with Gasteiger partial charge in [-0.05, 0) is 25.2 Å². The van der Waals surface area contributed by atoms with Crippen LogP contribution in [0.25, 0.3) is 0 Å². The molecule has 3 nitrogen and oxygen atoms in total. The van der Waals surface area contributed by atoms with Crippen molar-refractivity contribution in [2.75, 3.05) is 6.54 Å². The smallest absolute Gasteiger partial charge is 0.0921 e. The van der Waals surface area contributed by atoms with E-state index in [1.807, 2.05) is 6.20 Å². The molecule has 1 fully saturated rings. The van der Waals surface area contributed by atoms with Crippen molar-refractivity contribution in [3.05, 3.63) is 18.2 Å². The molecule has 1 aromatic heterocycles. The number of hydrogen-bond acceptors (Lipinski definition) is 2. The van der Waals surface area contributed by atoms with Crippen molar-refractivity contribution < 1.29 is 0 Å². The number of nitrogens with zero attached hydrogens (tertiary/aromatic N) is 1. The van der Waals surface area contributed by atoms with Crippen molar-refractivity contribution in [1.82, 2.24) is 15.3 Å². The van der Waals surface area contributed by atoms with Crippen LogP contribution in [-0.2, 0) is 6.42 Å². The van der Waals surface area contributed by atoms with Crippen LogP contribution in [0.3, 0.4) is 0 Å². The van der Waals surface area contributed by atoms with Crippen LogP contribution in [0.4, 0.5) is 0 Å². The summed E-state index contributed by atoms with van der Waals surface area (Å²) in [5, 5.41) is 3.64. The third-order valence-corrected chi connectivity index (χ3v) is 3.50. The predicted octanol–water partition coefficient (Wildman–Crippen LogP) is 2.12. The summed E-state index contributed by atoms with van der Waals surface area (Å²) in [6, 6.07) is 0.762. The average Bonchev–Trinajstić information content (AvgIpc) is 2.88. The minimum Gasteiger partial charge on any atom is -0.348 e. The summed E-state index contributed by atoms with van der Waals surface area (Å²) in [7, 11) is 0. The van der Waals surface area contributed by atoms with E-state index in [0.29, 0.717) is 0 Å². The molecule has 1 aromatic rings. The molecule has 1 aliphatic carbocycles. The highest BCUT2D eigenvalue weighted by molar-refractivity contribution is 4.95. The Labute approximate surface area is 91.7 Å². The quantitative estimate of drug-likeness (QED) is 0.776. The summed E-state index contributed by atoms with van der Waals surface area (Å²) >= 11 is 0. The Bertz CT molecular complexity index is 268. The van der Waals surface area contributed by atoms with Gasteiger partial charge in [0.2, 0.25) is 0 Å². The topological polar surface area (TPSA) is 40.7 Å². The SMILES string of the molecule is CCC1CCC(NCCc2cnc[nH]2)C1. The molecule has 1 saturated carbocycles. The molecule has 0 radical (unpaired) electrons. The predicted molar refractivity (Wildman–Crippen MR) is 61.7 cm³/mol. The zero-order valence-electron chi connectivity index (χ0n) is 9.50. The molecule has 2 atom stereocenters. The molecule has 0 bridgehead atoms. The van der Waals surface area contributed by atoms with Gasteiger partial charge in [-0.2, -0.15) is 0 Å². The number of nitrogens with one attached hydrogen (secondary N) is 2. The molecular formula is C12H21N3. The molecule has 2 N–H and O–H groups in total. The Hall–Kier alpha value is -0.830. The van der Waals surface area contributed by atoms with Crippen LogP contribution in [0.1, 0.15) is 38.3 Å². The highest BCUT2D eigenvalue weighted by Crippen LogP contribution is 2.27. The summed E-state index contributed by atoms with van der Waals surface area (Å²) in [4.78, 5) is 7.15. The summed E-state index contributed by atoms with van der Waals surface area (Å²) in [6.07, 6.45) is 10.2. The standard InChI is InChI=1S/C12H21N3/c1-2-10-3-4-11(7-10)14-6-5-12-8-13-9-15-12/h8-11,14H,2-7H2,1H3,(H,13,15). The maximum atomic E-state index is 4.01. The van der Waals surface area contributed by atoms with Crippen LogP contribution in [-0.4, -0.2) is 22.6 Å². The monoisotopic (exact) mass is 207 g/mol. The largest absolute Gasteiger partial charge is 0.348 e. The molecule has 0 aromatic carbocycles. The molecule has 1 heterocycles. The van der Waals surface area contributed by atoms with Gasteiger partial charge in [0, 0.05) is 30.9 Å². The minimum absolute atomic E-state index is 0.762. The van der Waals surface area contributed by atoms with Gasteiger partial charge in [-0.25, -0.2) is 4.98 Å². The summed E-state index contributed by atoms with van der Waals surface area (Å²) in [6.45, 7) is 3.38. The van der Waals surface area contributed by atoms with Gasteiger partial charge in [-0.15, -0.1) is 0 Å². The molecule has 84 valence electrons. The zero-order chi connectivity index (χ0) is 10.5. The van der Waals surface area contributed by atoms with Gasteiger partial charge in [-0.3, -0.25) is 0 Å². The lowest BCUT2D eigenvalue weighted by Gasteiger charge is -2.11. The van der Waals surface area contributed by atoms with Crippen molar-refractivity contribution in [1.29, 1.82) is 0 Å². The molecule has 15 heavy (non-hydrogen) atoms. The number of rotatable bonds is 5. The lowest BCUT2D eigenvalue weighted by molar-refractivity contribution is 0.478. The highest BCUT2D eigenvalue weighted by atomic mass is 14.9. The Morgan fingerprint density at radius 2 is 2.47 bits per heavy atom. The average molecular weight is 207 g/mol. The van der Waals surface area contributed by atoms with E-state index in [9.17, 15) is 0 Å². The van der Waals surface area contributed by atoms with Gasteiger partial charge in [0.05, 0.1) is 6.33 Å². The summed E-state index contributed by atoms with van der Waals surface area (Å²) < 4.78 is 0. The fourth-order valence-corrected chi connectivity index (χ4v) is 2.46. The van der Waals surface area contributed by atoms with E-state index in [4.69, 9.17) is 0 Å². The van der Waals surface area contributed by atoms with Crippen LogP contribution in [0.5, 0.6) is 0 Å². The van der Waals surface area contributed by atoms with E-state index in [0.717, 1.165) is 24.9 Å². The van der Waals surface area contributed by atoms with E-state index in [1.54, 1.807) is 6.33 Å². The summed E-state index contributed by atoms with van der Waals surface area (Å²) in [5.74, 6) is 0.967. The van der Waals surface area contributed by atoms with E-state index in [2.05, 4.69) is 22.2 Å². The fourth-order valence-electron chi connectivity index (χ4n) is 2.46. The van der Waals surface area contributed by atoms with Gasteiger partial charge in [-0.1, -0.05) is 13.3 Å². The molecular weight excluding hydrogens is 186 g/mol. The lowest BCUT2D eigenvalue weighted by atomic mass is 10.1. The van der Waals surface area contributed by atoms with E-state index >= 15 is 0 Å². The maximum absolute atomic E-state index is 4.01. The van der Waals surface area contributed by atoms with Crippen LogP contribution < -0.4 is 5.32 Å². The number of H-pyrrole nitrogens is 1. The second-order valence-electron chi connectivity index (χ2n) is 4.57. The first-order valence-corrected chi connectivity index (χ1v) is 6.09. The van der Waals surface area contributed by atoms with E-state index in [1.165, 1.54) is 31.4 Å². The van der Waals surface area contributed by atoms with Gasteiger partial charge in [0.25, 0.3) is 0 Å². The molecule has 0 spiro atoms. The first kappa shape index (κ1) is 10.7. The Morgan fingerprint density at radius 1 is 1.53 bits per heavy atom. The molecule has 2 unspecified atom stereocenters. The molecule has 2 rings (SSSR count). The Balaban J connectivity index is 1.63. The number of hydrogen-bond donors (Lipinski definition) is 2. The molecule has 0 saturated heterocycles. The number of imidazole rings is 1. The highest BCUT2D eigenvalue weighted by Gasteiger charge is 2.22. The van der Waals surface area contributed by atoms with Crippen LogP contribution in [0.2, 0.25) is 0 Å². The molecule has 0 amide bonds. The third kappa shape index (κ3) is 3.06.